The maximum atomic E-state index is 11.3. The summed E-state index contributed by atoms with van der Waals surface area (Å²) in [5.74, 6) is -0.960. The monoisotopic (exact) mass is 264 g/mol. The van der Waals surface area contributed by atoms with Gasteiger partial charge in [0.1, 0.15) is 0 Å². The van der Waals surface area contributed by atoms with E-state index in [2.05, 4.69) is 10.5 Å². The summed E-state index contributed by atoms with van der Waals surface area (Å²) in [6, 6.07) is 14.6. The molecule has 2 aromatic rings. The Hall–Kier alpha value is -2.88. The Labute approximate surface area is 116 Å². The van der Waals surface area contributed by atoms with Crippen LogP contribution in [-0.4, -0.2) is 16.8 Å². The lowest BCUT2D eigenvalue weighted by Crippen LogP contribution is -2.08. The van der Waals surface area contributed by atoms with Crippen LogP contribution in [0.15, 0.2) is 59.7 Å². The molecule has 0 saturated heterocycles. The van der Waals surface area contributed by atoms with Gasteiger partial charge in [-0.3, -0.25) is 5.43 Å². The number of hydrogen-bond donors (Lipinski definition) is 2. The molecule has 0 atom stereocenters. The lowest BCUT2D eigenvalue weighted by Gasteiger charge is -2.05. The summed E-state index contributed by atoms with van der Waals surface area (Å²) >= 11 is 0. The van der Waals surface area contributed by atoms with E-state index in [0.717, 1.165) is 11.3 Å². The molecule has 3 rings (SSSR count). The number of nitrogens with one attached hydrogen (secondary N) is 1. The van der Waals surface area contributed by atoms with Crippen molar-refractivity contribution >= 4 is 23.4 Å². The van der Waals surface area contributed by atoms with Crippen molar-refractivity contribution in [3.63, 3.8) is 0 Å². The average Bonchev–Trinajstić information content (AvgIpc) is 2.70. The first-order chi connectivity index (χ1) is 9.75. The van der Waals surface area contributed by atoms with Crippen LogP contribution < -0.4 is 5.43 Å². The Bertz CT molecular complexity index is 733. The van der Waals surface area contributed by atoms with Crippen LogP contribution in [0.3, 0.4) is 0 Å². The van der Waals surface area contributed by atoms with Gasteiger partial charge in [0.2, 0.25) is 0 Å². The molecular weight excluding hydrogens is 252 g/mol. The highest BCUT2D eigenvalue weighted by Crippen LogP contribution is 2.21. The molecular formula is C16H12N2O2. The summed E-state index contributed by atoms with van der Waals surface area (Å²) in [5, 5.41) is 13.5. The minimum absolute atomic E-state index is 0.239. The van der Waals surface area contributed by atoms with Gasteiger partial charge in [0.05, 0.1) is 17.0 Å². The second-order valence-electron chi connectivity index (χ2n) is 4.38. The van der Waals surface area contributed by atoms with Crippen LogP contribution >= 0.6 is 0 Å². The van der Waals surface area contributed by atoms with Crippen LogP contribution in [0.25, 0.3) is 6.08 Å². The quantitative estimate of drug-likeness (QED) is 0.875. The molecule has 0 aromatic heterocycles. The van der Waals surface area contributed by atoms with Crippen molar-refractivity contribution in [1.82, 2.24) is 0 Å². The van der Waals surface area contributed by atoms with E-state index in [1.54, 1.807) is 24.3 Å². The third kappa shape index (κ3) is 2.19. The Kier molecular flexibility index (Phi) is 3.05. The molecule has 98 valence electrons. The molecule has 4 nitrogen and oxygen atoms in total. The number of carbonyl (C=O) groups is 1. The van der Waals surface area contributed by atoms with Crippen molar-refractivity contribution in [1.29, 1.82) is 0 Å². The largest absolute Gasteiger partial charge is 0.478 e. The van der Waals surface area contributed by atoms with Crippen LogP contribution in [0, 0.1) is 0 Å². The lowest BCUT2D eigenvalue weighted by atomic mass is 10.0. The second-order valence-corrected chi connectivity index (χ2v) is 4.38. The maximum Gasteiger partial charge on any atom is 0.336 e. The molecule has 0 bridgehead atoms. The van der Waals surface area contributed by atoms with E-state index in [9.17, 15) is 9.90 Å². The summed E-state index contributed by atoms with van der Waals surface area (Å²) < 4.78 is 0. The summed E-state index contributed by atoms with van der Waals surface area (Å²) in [4.78, 5) is 11.3. The van der Waals surface area contributed by atoms with Gasteiger partial charge in [0.25, 0.3) is 0 Å². The number of carboxylic acid groups (broad SMARTS) is 1. The first-order valence-corrected chi connectivity index (χ1v) is 6.19. The number of rotatable bonds is 2. The number of hydrazone groups is 1. The molecule has 20 heavy (non-hydrogen) atoms. The Morgan fingerprint density at radius 3 is 2.60 bits per heavy atom. The van der Waals surface area contributed by atoms with E-state index in [4.69, 9.17) is 0 Å². The van der Waals surface area contributed by atoms with Gasteiger partial charge in [-0.15, -0.1) is 0 Å². The van der Waals surface area contributed by atoms with Crippen molar-refractivity contribution in [2.24, 2.45) is 5.10 Å². The van der Waals surface area contributed by atoms with Crippen LogP contribution in [0.4, 0.5) is 5.69 Å². The van der Waals surface area contributed by atoms with Crippen molar-refractivity contribution in [2.75, 3.05) is 5.43 Å². The fraction of sp³-hybridized carbons (Fsp3) is 0. The van der Waals surface area contributed by atoms with Crippen molar-refractivity contribution in [3.05, 3.63) is 71.3 Å². The lowest BCUT2D eigenvalue weighted by molar-refractivity contribution is 0.0696. The SMILES string of the molecule is O=C(O)c1ccccc1C1=NNc2ccccc2C=C1. The number of hydrogen-bond acceptors (Lipinski definition) is 3. The number of carboxylic acids is 1. The maximum absolute atomic E-state index is 11.3. The van der Waals surface area contributed by atoms with E-state index in [0.29, 0.717) is 11.3 Å². The summed E-state index contributed by atoms with van der Waals surface area (Å²) in [5.41, 5.74) is 6.31. The number of anilines is 1. The summed E-state index contributed by atoms with van der Waals surface area (Å²) in [6.07, 6.45) is 3.74. The highest BCUT2D eigenvalue weighted by molar-refractivity contribution is 6.16. The summed E-state index contributed by atoms with van der Waals surface area (Å²) in [6.45, 7) is 0. The van der Waals surface area contributed by atoms with Crippen molar-refractivity contribution < 1.29 is 9.90 Å². The fourth-order valence-electron chi connectivity index (χ4n) is 2.11. The van der Waals surface area contributed by atoms with Crippen molar-refractivity contribution in [2.45, 2.75) is 0 Å². The van der Waals surface area contributed by atoms with Crippen LogP contribution in [0.5, 0.6) is 0 Å². The van der Waals surface area contributed by atoms with Crippen LogP contribution in [0.2, 0.25) is 0 Å². The van der Waals surface area contributed by atoms with E-state index >= 15 is 0 Å². The number of aromatic carboxylic acids is 1. The second kappa shape index (κ2) is 5.01. The normalized spacial score (nSPS) is 12.9. The van der Waals surface area contributed by atoms with E-state index in [-0.39, 0.29) is 5.56 Å². The molecule has 4 heteroatoms. The molecule has 0 unspecified atom stereocenters. The molecule has 0 spiro atoms. The molecule has 0 saturated carbocycles. The zero-order valence-electron chi connectivity index (χ0n) is 10.6. The molecule has 1 heterocycles. The van der Waals surface area contributed by atoms with Gasteiger partial charge >= 0.3 is 5.97 Å². The van der Waals surface area contributed by atoms with Gasteiger partial charge in [-0.2, -0.15) is 5.10 Å². The Balaban J connectivity index is 2.06. The number of fused-ring (bicyclic) bond motifs is 1. The number of benzene rings is 2. The Morgan fingerprint density at radius 2 is 1.75 bits per heavy atom. The van der Waals surface area contributed by atoms with Gasteiger partial charge in [0.15, 0.2) is 0 Å². The van der Waals surface area contributed by atoms with Crippen LogP contribution in [0.1, 0.15) is 21.5 Å². The van der Waals surface area contributed by atoms with E-state index in [1.165, 1.54) is 0 Å². The van der Waals surface area contributed by atoms with Gasteiger partial charge < -0.3 is 5.11 Å². The van der Waals surface area contributed by atoms with Gasteiger partial charge in [-0.1, -0.05) is 42.5 Å². The first-order valence-electron chi connectivity index (χ1n) is 6.19. The molecule has 1 aliphatic rings. The minimum atomic E-state index is -0.960. The zero-order valence-corrected chi connectivity index (χ0v) is 10.6. The fourth-order valence-corrected chi connectivity index (χ4v) is 2.11. The highest BCUT2D eigenvalue weighted by Gasteiger charge is 2.14. The predicted molar refractivity (Wildman–Crippen MR) is 79.0 cm³/mol. The molecule has 0 radical (unpaired) electrons. The number of allylic oxidation sites excluding steroid dienone is 1. The third-order valence-electron chi connectivity index (χ3n) is 3.11. The van der Waals surface area contributed by atoms with Gasteiger partial charge in [-0.05, 0) is 23.8 Å². The van der Waals surface area contributed by atoms with Crippen molar-refractivity contribution in [3.8, 4) is 0 Å². The molecule has 0 aliphatic carbocycles. The molecule has 1 aliphatic heterocycles. The predicted octanol–water partition coefficient (Wildman–Crippen LogP) is 3.23. The van der Waals surface area contributed by atoms with Gasteiger partial charge in [-0.25, -0.2) is 4.79 Å². The van der Waals surface area contributed by atoms with E-state index in [1.807, 2.05) is 36.4 Å². The zero-order chi connectivity index (χ0) is 13.9. The Morgan fingerprint density at radius 1 is 1.00 bits per heavy atom. The number of para-hydroxylation sites is 1. The standard InChI is InChI=1S/C16H12N2O2/c19-16(20)13-7-3-2-6-12(13)15-10-9-11-5-1-4-8-14(11)17-18-15/h1-10,17H,(H,19,20). The topological polar surface area (TPSA) is 61.7 Å². The molecule has 2 aromatic carbocycles. The highest BCUT2D eigenvalue weighted by atomic mass is 16.4. The summed E-state index contributed by atoms with van der Waals surface area (Å²) in [7, 11) is 0. The number of nitrogens with zero attached hydrogens (tertiary/aromatic N) is 1. The molecule has 0 amide bonds. The smallest absolute Gasteiger partial charge is 0.336 e. The average molecular weight is 264 g/mol. The molecule has 0 fully saturated rings. The van der Waals surface area contributed by atoms with E-state index < -0.39 is 5.97 Å². The third-order valence-corrected chi connectivity index (χ3v) is 3.11. The minimum Gasteiger partial charge on any atom is -0.478 e. The van der Waals surface area contributed by atoms with Crippen LogP contribution in [-0.2, 0) is 0 Å². The molecule has 2 N–H and O–H groups in total. The van der Waals surface area contributed by atoms with Gasteiger partial charge in [0, 0.05) is 5.56 Å². The first kappa shape index (κ1) is 12.2.